The Morgan fingerprint density at radius 3 is 2.43 bits per heavy atom. The first-order chi connectivity index (χ1) is 21.7. The Hall–Kier alpha value is -3.16. The number of hydrogen-bond donors (Lipinski definition) is 2. The molecule has 6 rings (SSSR count). The fourth-order valence-corrected chi connectivity index (χ4v) is 7.18. The van der Waals surface area contributed by atoms with Gasteiger partial charge < -0.3 is 20.1 Å². The van der Waals surface area contributed by atoms with Crippen LogP contribution in [0.25, 0.3) is 22.2 Å². The summed E-state index contributed by atoms with van der Waals surface area (Å²) in [5, 5.41) is 8.02. The molecule has 0 bridgehead atoms. The molecule has 0 unspecified atom stereocenters. The van der Waals surface area contributed by atoms with Gasteiger partial charge in [0.2, 0.25) is 0 Å². The van der Waals surface area contributed by atoms with Gasteiger partial charge in [0.05, 0.1) is 16.8 Å². The Morgan fingerprint density at radius 1 is 0.932 bits per heavy atom. The third-order valence-electron chi connectivity index (χ3n) is 9.73. The summed E-state index contributed by atoms with van der Waals surface area (Å²) in [5.74, 6) is 1.93. The molecule has 0 spiro atoms. The highest BCUT2D eigenvalue weighted by atomic mass is 16.6. The van der Waals surface area contributed by atoms with E-state index < -0.39 is 0 Å². The fourth-order valence-electron chi connectivity index (χ4n) is 7.18. The Kier molecular flexibility index (Phi) is 10.7. The highest BCUT2D eigenvalue weighted by Gasteiger charge is 2.28. The van der Waals surface area contributed by atoms with Crippen molar-refractivity contribution in [2.45, 2.75) is 90.1 Å². The number of unbranched alkanes of at least 4 members (excludes halogenated alkanes) is 3. The summed E-state index contributed by atoms with van der Waals surface area (Å²) in [6.07, 6.45) is 13.6. The average Bonchev–Trinajstić information content (AvgIpc) is 3.07. The lowest BCUT2D eigenvalue weighted by Crippen LogP contribution is -2.42. The van der Waals surface area contributed by atoms with Crippen LogP contribution in [0.3, 0.4) is 0 Å². The summed E-state index contributed by atoms with van der Waals surface area (Å²) >= 11 is 0. The minimum absolute atomic E-state index is 0.00420. The van der Waals surface area contributed by atoms with E-state index in [1.807, 2.05) is 18.2 Å². The van der Waals surface area contributed by atoms with Gasteiger partial charge in [-0.15, -0.1) is 0 Å². The quantitative estimate of drug-likeness (QED) is 0.216. The molecule has 1 saturated carbocycles. The Morgan fingerprint density at radius 2 is 1.68 bits per heavy atom. The standard InChI is InChI=1S/C37H50N4O3/c1-2-3-4-11-18-38-29-16-19-41(20-17-29)26-31-35(37(42)39-25-27-12-7-5-8-13-27)30-23-33-34(44-22-21-43-33)24-32(30)40-36(31)28-14-9-6-10-15-28/h6,9-10,14-15,23-24,27,29,38H,2-5,7-8,11-13,16-22,25-26H2,1H3,(H,39,42). The first-order valence-electron chi connectivity index (χ1n) is 17.2. The summed E-state index contributed by atoms with van der Waals surface area (Å²) in [7, 11) is 0. The molecular formula is C37H50N4O3. The lowest BCUT2D eigenvalue weighted by molar-refractivity contribution is 0.0942. The van der Waals surface area contributed by atoms with E-state index in [1.165, 1.54) is 57.8 Å². The average molecular weight is 599 g/mol. The van der Waals surface area contributed by atoms with Crippen molar-refractivity contribution in [3.8, 4) is 22.8 Å². The number of piperidine rings is 1. The van der Waals surface area contributed by atoms with E-state index >= 15 is 0 Å². The van der Waals surface area contributed by atoms with Gasteiger partial charge in [-0.1, -0.05) is 75.8 Å². The number of carbonyl (C=O) groups is 1. The molecule has 44 heavy (non-hydrogen) atoms. The van der Waals surface area contributed by atoms with Crippen molar-refractivity contribution in [3.05, 3.63) is 53.6 Å². The number of likely N-dealkylation sites (tertiary alicyclic amines) is 1. The Labute approximate surface area is 263 Å². The summed E-state index contributed by atoms with van der Waals surface area (Å²) in [5.41, 5.74) is 4.42. The zero-order valence-electron chi connectivity index (χ0n) is 26.5. The lowest BCUT2D eigenvalue weighted by atomic mass is 9.89. The van der Waals surface area contributed by atoms with Crippen molar-refractivity contribution >= 4 is 16.8 Å². The number of amides is 1. The number of fused-ring (bicyclic) bond motifs is 2. The second kappa shape index (κ2) is 15.2. The molecule has 1 amide bonds. The van der Waals surface area contributed by atoms with E-state index in [4.69, 9.17) is 14.5 Å². The number of hydrogen-bond acceptors (Lipinski definition) is 6. The van der Waals surface area contributed by atoms with E-state index in [9.17, 15) is 4.79 Å². The fraction of sp³-hybridized carbons (Fsp3) is 0.568. The van der Waals surface area contributed by atoms with E-state index in [0.717, 1.165) is 72.3 Å². The minimum Gasteiger partial charge on any atom is -0.486 e. The van der Waals surface area contributed by atoms with Gasteiger partial charge in [0.15, 0.2) is 11.5 Å². The summed E-state index contributed by atoms with van der Waals surface area (Å²) in [6.45, 7) is 7.82. The first kappa shape index (κ1) is 30.8. The maximum atomic E-state index is 14.3. The van der Waals surface area contributed by atoms with Crippen LogP contribution in [0.2, 0.25) is 0 Å². The van der Waals surface area contributed by atoms with E-state index in [1.54, 1.807) is 0 Å². The van der Waals surface area contributed by atoms with Crippen LogP contribution < -0.4 is 20.1 Å². The van der Waals surface area contributed by atoms with Gasteiger partial charge in [-0.2, -0.15) is 0 Å². The number of aromatic nitrogens is 1. The van der Waals surface area contributed by atoms with Crippen molar-refractivity contribution in [1.29, 1.82) is 0 Å². The minimum atomic E-state index is -0.00420. The highest BCUT2D eigenvalue weighted by molar-refractivity contribution is 6.09. The van der Waals surface area contributed by atoms with Crippen molar-refractivity contribution in [1.82, 2.24) is 20.5 Å². The largest absolute Gasteiger partial charge is 0.486 e. The number of ether oxygens (including phenoxy) is 2. The molecule has 7 nitrogen and oxygen atoms in total. The van der Waals surface area contributed by atoms with E-state index in [-0.39, 0.29) is 5.91 Å². The topological polar surface area (TPSA) is 75.7 Å². The number of nitrogens with one attached hydrogen (secondary N) is 2. The zero-order valence-corrected chi connectivity index (χ0v) is 26.5. The second-order valence-corrected chi connectivity index (χ2v) is 13.0. The molecule has 236 valence electrons. The molecule has 1 aromatic heterocycles. The molecule has 0 atom stereocenters. The third-order valence-corrected chi connectivity index (χ3v) is 9.73. The predicted octanol–water partition coefficient (Wildman–Crippen LogP) is 7.12. The number of benzene rings is 2. The highest BCUT2D eigenvalue weighted by Crippen LogP contribution is 2.39. The summed E-state index contributed by atoms with van der Waals surface area (Å²) in [4.78, 5) is 22.1. The van der Waals surface area contributed by atoms with Gasteiger partial charge in [0.25, 0.3) is 5.91 Å². The van der Waals surface area contributed by atoms with Gasteiger partial charge in [-0.05, 0) is 63.7 Å². The van der Waals surface area contributed by atoms with Gasteiger partial charge in [0.1, 0.15) is 13.2 Å². The molecule has 3 heterocycles. The number of pyridine rings is 1. The van der Waals surface area contributed by atoms with Crippen LogP contribution in [0, 0.1) is 5.92 Å². The van der Waals surface area contributed by atoms with Crippen LogP contribution in [0.4, 0.5) is 0 Å². The van der Waals surface area contributed by atoms with E-state index in [0.29, 0.717) is 43.2 Å². The van der Waals surface area contributed by atoms with Crippen LogP contribution in [-0.4, -0.2) is 61.2 Å². The van der Waals surface area contributed by atoms with Crippen LogP contribution in [0.1, 0.15) is 93.5 Å². The summed E-state index contributed by atoms with van der Waals surface area (Å²) < 4.78 is 11.9. The summed E-state index contributed by atoms with van der Waals surface area (Å²) in [6, 6.07) is 14.9. The predicted molar refractivity (Wildman–Crippen MR) is 178 cm³/mol. The van der Waals surface area contributed by atoms with Crippen LogP contribution in [-0.2, 0) is 6.54 Å². The molecule has 1 aliphatic carbocycles. The monoisotopic (exact) mass is 598 g/mol. The molecular weight excluding hydrogens is 548 g/mol. The first-order valence-corrected chi connectivity index (χ1v) is 17.2. The Balaban J connectivity index is 1.32. The van der Waals surface area contributed by atoms with Gasteiger partial charge in [0, 0.05) is 41.7 Å². The molecule has 2 aromatic carbocycles. The van der Waals surface area contributed by atoms with Crippen molar-refractivity contribution in [2.24, 2.45) is 5.92 Å². The normalized spacial score (nSPS) is 18.0. The zero-order chi connectivity index (χ0) is 30.1. The van der Waals surface area contributed by atoms with E-state index in [2.05, 4.69) is 46.7 Å². The molecule has 7 heteroatoms. The number of nitrogens with zero attached hydrogens (tertiary/aromatic N) is 2. The van der Waals surface area contributed by atoms with Crippen LogP contribution in [0.15, 0.2) is 42.5 Å². The lowest BCUT2D eigenvalue weighted by Gasteiger charge is -2.33. The maximum absolute atomic E-state index is 14.3. The van der Waals surface area contributed by atoms with Crippen molar-refractivity contribution in [3.63, 3.8) is 0 Å². The van der Waals surface area contributed by atoms with Crippen molar-refractivity contribution < 1.29 is 14.3 Å². The molecule has 2 N–H and O–H groups in total. The number of carbonyl (C=O) groups excluding carboxylic acids is 1. The maximum Gasteiger partial charge on any atom is 0.252 e. The van der Waals surface area contributed by atoms with Crippen LogP contribution >= 0.6 is 0 Å². The molecule has 2 aliphatic heterocycles. The second-order valence-electron chi connectivity index (χ2n) is 13.0. The SMILES string of the molecule is CCCCCCNC1CCN(Cc2c(-c3ccccc3)nc3cc4c(cc3c2C(=O)NCC2CCCCC2)OCCO4)CC1. The third kappa shape index (κ3) is 7.55. The molecule has 1 saturated heterocycles. The molecule has 3 aromatic rings. The molecule has 3 aliphatic rings. The molecule has 0 radical (unpaired) electrons. The van der Waals surface area contributed by atoms with Crippen LogP contribution in [0.5, 0.6) is 11.5 Å². The van der Waals surface area contributed by atoms with Gasteiger partial charge >= 0.3 is 0 Å². The molecule has 2 fully saturated rings. The van der Waals surface area contributed by atoms with Gasteiger partial charge in [-0.25, -0.2) is 4.98 Å². The van der Waals surface area contributed by atoms with Crippen molar-refractivity contribution in [2.75, 3.05) is 39.4 Å². The Bertz CT molecular complexity index is 1380. The smallest absolute Gasteiger partial charge is 0.252 e. The van der Waals surface area contributed by atoms with Gasteiger partial charge in [-0.3, -0.25) is 9.69 Å². The number of rotatable bonds is 12.